The highest BCUT2D eigenvalue weighted by Gasteiger charge is 2.14. The number of aryl methyl sites for hydroxylation is 1. The molecule has 0 fully saturated rings. The van der Waals surface area contributed by atoms with Gasteiger partial charge in [0.05, 0.1) is 5.56 Å². The molecule has 0 amide bonds. The highest BCUT2D eigenvalue weighted by atomic mass is 16.4. The molecule has 1 aromatic carbocycles. The van der Waals surface area contributed by atoms with Crippen LogP contribution in [0.25, 0.3) is 0 Å². The number of carbonyl (C=O) groups is 1. The van der Waals surface area contributed by atoms with Crippen LogP contribution in [0.15, 0.2) is 18.2 Å². The van der Waals surface area contributed by atoms with Gasteiger partial charge in [0.2, 0.25) is 0 Å². The molecule has 0 aliphatic carbocycles. The van der Waals surface area contributed by atoms with Gasteiger partial charge in [0.15, 0.2) is 0 Å². The Bertz CT molecular complexity index is 335. The highest BCUT2D eigenvalue weighted by molar-refractivity contribution is 6.59. The number of carboxylic acid groups (broad SMARTS) is 1. The van der Waals surface area contributed by atoms with E-state index in [9.17, 15) is 4.79 Å². The second kappa shape index (κ2) is 3.59. The maximum absolute atomic E-state index is 10.5. The van der Waals surface area contributed by atoms with Crippen molar-refractivity contribution in [2.45, 2.75) is 6.92 Å². The Hall–Kier alpha value is -1.33. The molecule has 0 aliphatic heterocycles. The lowest BCUT2D eigenvalue weighted by atomic mass is 9.77. The van der Waals surface area contributed by atoms with E-state index in [2.05, 4.69) is 0 Å². The van der Waals surface area contributed by atoms with Crippen LogP contribution in [0.3, 0.4) is 0 Å². The van der Waals surface area contributed by atoms with Gasteiger partial charge >= 0.3 is 13.1 Å². The molecular formula is C8H9BO4. The summed E-state index contributed by atoms with van der Waals surface area (Å²) in [6.45, 7) is 1.63. The molecule has 0 saturated heterocycles. The summed E-state index contributed by atoms with van der Waals surface area (Å²) in [6.07, 6.45) is 0. The molecular weight excluding hydrogens is 171 g/mol. The SMILES string of the molecule is Cc1cc(C(=O)O)ccc1B(O)O. The highest BCUT2D eigenvalue weighted by Crippen LogP contribution is 2.02. The Morgan fingerprint density at radius 2 is 2.00 bits per heavy atom. The minimum Gasteiger partial charge on any atom is -0.478 e. The summed E-state index contributed by atoms with van der Waals surface area (Å²) < 4.78 is 0. The lowest BCUT2D eigenvalue weighted by Gasteiger charge is -2.04. The van der Waals surface area contributed by atoms with Gasteiger partial charge in [0.1, 0.15) is 0 Å². The van der Waals surface area contributed by atoms with E-state index in [-0.39, 0.29) is 5.56 Å². The molecule has 4 nitrogen and oxygen atoms in total. The van der Waals surface area contributed by atoms with Gasteiger partial charge in [-0.25, -0.2) is 4.79 Å². The average molecular weight is 180 g/mol. The Balaban J connectivity index is 3.13. The smallest absolute Gasteiger partial charge is 0.478 e. The van der Waals surface area contributed by atoms with E-state index in [0.717, 1.165) is 0 Å². The predicted molar refractivity (Wildman–Crippen MR) is 48.0 cm³/mol. The molecule has 5 heteroatoms. The first kappa shape index (κ1) is 9.76. The van der Waals surface area contributed by atoms with Gasteiger partial charge in [0.25, 0.3) is 0 Å². The maximum atomic E-state index is 10.5. The number of benzene rings is 1. The Morgan fingerprint density at radius 1 is 1.38 bits per heavy atom. The largest absolute Gasteiger partial charge is 0.488 e. The first-order chi connectivity index (χ1) is 6.02. The minimum atomic E-state index is -1.55. The summed E-state index contributed by atoms with van der Waals surface area (Å²) in [6, 6.07) is 4.13. The summed E-state index contributed by atoms with van der Waals surface area (Å²) in [4.78, 5) is 10.5. The lowest BCUT2D eigenvalue weighted by molar-refractivity contribution is 0.0697. The van der Waals surface area contributed by atoms with Crippen LogP contribution >= 0.6 is 0 Å². The van der Waals surface area contributed by atoms with E-state index in [0.29, 0.717) is 11.0 Å². The van der Waals surface area contributed by atoms with Gasteiger partial charge in [0, 0.05) is 0 Å². The van der Waals surface area contributed by atoms with Gasteiger partial charge < -0.3 is 15.2 Å². The molecule has 0 bridgehead atoms. The molecule has 0 atom stereocenters. The van der Waals surface area contributed by atoms with Gasteiger partial charge in [-0.05, 0) is 24.5 Å². The number of rotatable bonds is 2. The van der Waals surface area contributed by atoms with Crippen LogP contribution in [0.4, 0.5) is 0 Å². The van der Waals surface area contributed by atoms with Crippen molar-refractivity contribution < 1.29 is 19.9 Å². The Morgan fingerprint density at radius 3 is 2.38 bits per heavy atom. The Labute approximate surface area is 75.6 Å². The molecule has 1 rings (SSSR count). The third-order valence-corrected chi connectivity index (χ3v) is 1.79. The molecule has 3 N–H and O–H groups in total. The van der Waals surface area contributed by atoms with Crippen molar-refractivity contribution in [3.8, 4) is 0 Å². The number of aromatic carboxylic acids is 1. The Kier molecular flexibility index (Phi) is 2.70. The number of carboxylic acids is 1. The van der Waals surface area contributed by atoms with Crippen LogP contribution in [0.1, 0.15) is 15.9 Å². The summed E-state index contributed by atoms with van der Waals surface area (Å²) in [7, 11) is -1.55. The van der Waals surface area contributed by atoms with Gasteiger partial charge in [-0.1, -0.05) is 11.6 Å². The number of hydrogen-bond acceptors (Lipinski definition) is 3. The molecule has 13 heavy (non-hydrogen) atoms. The number of hydrogen-bond donors (Lipinski definition) is 3. The van der Waals surface area contributed by atoms with Crippen LogP contribution in [0.2, 0.25) is 0 Å². The summed E-state index contributed by atoms with van der Waals surface area (Å²) in [5.41, 5.74) is 1.02. The van der Waals surface area contributed by atoms with E-state index in [4.69, 9.17) is 15.2 Å². The zero-order valence-corrected chi connectivity index (χ0v) is 7.06. The minimum absolute atomic E-state index is 0.141. The van der Waals surface area contributed by atoms with Crippen LogP contribution in [-0.4, -0.2) is 28.2 Å². The van der Waals surface area contributed by atoms with Crippen molar-refractivity contribution >= 4 is 18.6 Å². The van der Waals surface area contributed by atoms with Crippen LogP contribution in [-0.2, 0) is 0 Å². The molecule has 0 heterocycles. The van der Waals surface area contributed by atoms with E-state index in [1.807, 2.05) is 0 Å². The van der Waals surface area contributed by atoms with Crippen molar-refractivity contribution in [2.24, 2.45) is 0 Å². The normalized spacial score (nSPS) is 9.77. The second-order valence-corrected chi connectivity index (χ2v) is 2.75. The summed E-state index contributed by atoms with van der Waals surface area (Å²) >= 11 is 0. The standard InChI is InChI=1S/C8H9BO4/c1-5-4-6(8(10)11)2-3-7(5)9(12)13/h2-4,12-13H,1H3,(H,10,11). The molecule has 0 saturated carbocycles. The molecule has 0 unspecified atom stereocenters. The van der Waals surface area contributed by atoms with E-state index in [1.165, 1.54) is 18.2 Å². The topological polar surface area (TPSA) is 77.8 Å². The van der Waals surface area contributed by atoms with Crippen LogP contribution in [0.5, 0.6) is 0 Å². The van der Waals surface area contributed by atoms with Crippen LogP contribution in [0, 0.1) is 6.92 Å². The zero-order valence-electron chi connectivity index (χ0n) is 7.06. The second-order valence-electron chi connectivity index (χ2n) is 2.75. The van der Waals surface area contributed by atoms with Gasteiger partial charge in [-0.2, -0.15) is 0 Å². The maximum Gasteiger partial charge on any atom is 0.488 e. The summed E-state index contributed by atoms with van der Waals surface area (Å²) in [5, 5.41) is 26.3. The van der Waals surface area contributed by atoms with E-state index < -0.39 is 13.1 Å². The van der Waals surface area contributed by atoms with Crippen molar-refractivity contribution in [1.82, 2.24) is 0 Å². The third-order valence-electron chi connectivity index (χ3n) is 1.79. The van der Waals surface area contributed by atoms with E-state index in [1.54, 1.807) is 6.92 Å². The van der Waals surface area contributed by atoms with Crippen molar-refractivity contribution in [3.63, 3.8) is 0 Å². The molecule has 0 spiro atoms. The monoisotopic (exact) mass is 180 g/mol. The fourth-order valence-electron chi connectivity index (χ4n) is 1.10. The van der Waals surface area contributed by atoms with Gasteiger partial charge in [-0.15, -0.1) is 0 Å². The fourth-order valence-corrected chi connectivity index (χ4v) is 1.10. The molecule has 68 valence electrons. The van der Waals surface area contributed by atoms with Crippen molar-refractivity contribution in [1.29, 1.82) is 0 Å². The molecule has 0 aromatic heterocycles. The predicted octanol–water partition coefficient (Wildman–Crippen LogP) is -0.627. The molecule has 1 aromatic rings. The average Bonchev–Trinajstić information content (AvgIpc) is 2.03. The fraction of sp³-hybridized carbons (Fsp3) is 0.125. The van der Waals surface area contributed by atoms with Crippen LogP contribution < -0.4 is 5.46 Å². The van der Waals surface area contributed by atoms with Crippen molar-refractivity contribution in [3.05, 3.63) is 29.3 Å². The third kappa shape index (κ3) is 2.08. The van der Waals surface area contributed by atoms with Gasteiger partial charge in [-0.3, -0.25) is 0 Å². The van der Waals surface area contributed by atoms with E-state index >= 15 is 0 Å². The molecule has 0 radical (unpaired) electrons. The van der Waals surface area contributed by atoms with Crippen molar-refractivity contribution in [2.75, 3.05) is 0 Å². The first-order valence-electron chi connectivity index (χ1n) is 3.72. The lowest BCUT2D eigenvalue weighted by Crippen LogP contribution is -2.32. The zero-order chi connectivity index (χ0) is 10.0. The summed E-state index contributed by atoms with van der Waals surface area (Å²) in [5.74, 6) is -1.03. The molecule has 0 aliphatic rings. The quantitative estimate of drug-likeness (QED) is 0.529. The first-order valence-corrected chi connectivity index (χ1v) is 3.72.